The number of hydrogen-bond acceptors (Lipinski definition) is 8. The molecule has 0 bridgehead atoms. The Balaban J connectivity index is 2.46. The van der Waals surface area contributed by atoms with Crippen LogP contribution in [0.1, 0.15) is 6.92 Å². The second-order valence-corrected chi connectivity index (χ2v) is 4.05. The molecule has 1 aromatic carbocycles. The van der Waals surface area contributed by atoms with Gasteiger partial charge in [0.05, 0.1) is 16.7 Å². The number of carboxylic acid groups (broad SMARTS) is 1. The summed E-state index contributed by atoms with van der Waals surface area (Å²) >= 11 is 0. The van der Waals surface area contributed by atoms with Gasteiger partial charge in [-0.3, -0.25) is 10.1 Å². The molecular formula is C10H10N4O6. The maximum atomic E-state index is 11.0. The number of carboxylic acids is 1. The normalized spacial score (nSPS) is 13.9. The summed E-state index contributed by atoms with van der Waals surface area (Å²) in [7, 11) is 0. The molecule has 0 radical (unpaired) electrons. The summed E-state index contributed by atoms with van der Waals surface area (Å²) in [5.74, 6) is -1.28. The maximum Gasteiger partial charge on any atom is 0.328 e. The van der Waals surface area contributed by atoms with Crippen LogP contribution in [0.25, 0.3) is 11.0 Å². The standard InChI is InChI=1S/C10H10N4O6/c1-4(15)7(10(16)17)11-5-2-3-6(14(18)19)9-8(5)12-20-13-9/h2-4,7,11,15H,1H3,(H,16,17)/t4-,7+/m0/s1. The number of non-ortho nitro benzene ring substituents is 1. The van der Waals surface area contributed by atoms with E-state index in [2.05, 4.69) is 20.3 Å². The van der Waals surface area contributed by atoms with Gasteiger partial charge in [-0.15, -0.1) is 0 Å². The number of fused-ring (bicyclic) bond motifs is 1. The van der Waals surface area contributed by atoms with Gasteiger partial charge in [-0.1, -0.05) is 0 Å². The van der Waals surface area contributed by atoms with E-state index in [1.165, 1.54) is 13.0 Å². The zero-order valence-corrected chi connectivity index (χ0v) is 10.2. The van der Waals surface area contributed by atoms with Crippen LogP contribution in [0.5, 0.6) is 0 Å². The highest BCUT2D eigenvalue weighted by Crippen LogP contribution is 2.29. The fourth-order valence-corrected chi connectivity index (χ4v) is 1.67. The molecule has 106 valence electrons. The molecule has 0 spiro atoms. The Labute approximate surface area is 111 Å². The van der Waals surface area contributed by atoms with Crippen LogP contribution < -0.4 is 5.32 Å². The molecule has 0 aliphatic rings. The van der Waals surface area contributed by atoms with Crippen molar-refractivity contribution in [3.8, 4) is 0 Å². The first-order valence-electron chi connectivity index (χ1n) is 5.49. The van der Waals surface area contributed by atoms with Gasteiger partial charge in [0, 0.05) is 6.07 Å². The minimum atomic E-state index is -1.30. The fourth-order valence-electron chi connectivity index (χ4n) is 1.67. The van der Waals surface area contributed by atoms with E-state index in [1.54, 1.807) is 0 Å². The Morgan fingerprint density at radius 3 is 2.65 bits per heavy atom. The highest BCUT2D eigenvalue weighted by molar-refractivity contribution is 5.94. The van der Waals surface area contributed by atoms with Gasteiger partial charge >= 0.3 is 11.7 Å². The number of aromatic nitrogens is 2. The first-order valence-corrected chi connectivity index (χ1v) is 5.49. The van der Waals surface area contributed by atoms with Crippen LogP contribution in [0.3, 0.4) is 0 Å². The topological polar surface area (TPSA) is 152 Å². The molecule has 1 aromatic heterocycles. The third kappa shape index (κ3) is 2.36. The maximum absolute atomic E-state index is 11.0. The molecular weight excluding hydrogens is 272 g/mol. The SMILES string of the molecule is C[C@H](O)[C@@H](Nc1ccc([N+](=O)[O-])c2nonc12)C(=O)O. The summed E-state index contributed by atoms with van der Waals surface area (Å²) in [6.07, 6.45) is -1.18. The number of rotatable bonds is 5. The van der Waals surface area contributed by atoms with E-state index in [-0.39, 0.29) is 22.4 Å². The number of hydrogen-bond donors (Lipinski definition) is 3. The first kappa shape index (κ1) is 13.7. The zero-order chi connectivity index (χ0) is 14.9. The minimum absolute atomic E-state index is 0.0195. The molecule has 1 heterocycles. The number of aliphatic hydroxyl groups is 1. The fraction of sp³-hybridized carbons (Fsp3) is 0.300. The molecule has 0 saturated carbocycles. The molecule has 0 fully saturated rings. The second-order valence-electron chi connectivity index (χ2n) is 4.05. The minimum Gasteiger partial charge on any atom is -0.480 e. The summed E-state index contributed by atoms with van der Waals surface area (Å²) in [4.78, 5) is 21.2. The van der Waals surface area contributed by atoms with Gasteiger partial charge in [-0.2, -0.15) is 0 Å². The van der Waals surface area contributed by atoms with Gasteiger partial charge in [0.1, 0.15) is 0 Å². The molecule has 0 unspecified atom stereocenters. The average Bonchev–Trinajstić information content (AvgIpc) is 2.83. The molecule has 0 saturated heterocycles. The van der Waals surface area contributed by atoms with Crippen LogP contribution in [0, 0.1) is 10.1 Å². The van der Waals surface area contributed by atoms with Crippen LogP contribution in [0.4, 0.5) is 11.4 Å². The summed E-state index contributed by atoms with van der Waals surface area (Å²) in [6.45, 7) is 1.30. The number of benzene rings is 1. The van der Waals surface area contributed by atoms with Gasteiger partial charge in [0.2, 0.25) is 5.52 Å². The lowest BCUT2D eigenvalue weighted by Crippen LogP contribution is -2.39. The van der Waals surface area contributed by atoms with E-state index in [4.69, 9.17) is 5.11 Å². The van der Waals surface area contributed by atoms with Crippen molar-refractivity contribution in [2.75, 3.05) is 5.32 Å². The molecule has 10 heteroatoms. The molecule has 0 amide bonds. The number of aliphatic carboxylic acids is 1. The van der Waals surface area contributed by atoms with E-state index in [1.807, 2.05) is 0 Å². The number of nitro groups is 1. The summed E-state index contributed by atoms with van der Waals surface area (Å²) in [5.41, 5.74) is -0.225. The van der Waals surface area contributed by atoms with E-state index in [0.29, 0.717) is 0 Å². The molecule has 0 aliphatic heterocycles. The largest absolute Gasteiger partial charge is 0.480 e. The van der Waals surface area contributed by atoms with E-state index in [0.717, 1.165) is 6.07 Å². The molecule has 2 aromatic rings. The predicted octanol–water partition coefficient (Wildman–Crippen LogP) is 0.377. The van der Waals surface area contributed by atoms with Gasteiger partial charge in [0.25, 0.3) is 0 Å². The number of carbonyl (C=O) groups is 1. The van der Waals surface area contributed by atoms with Crippen LogP contribution in [0.15, 0.2) is 16.8 Å². The molecule has 2 atom stereocenters. The van der Waals surface area contributed by atoms with Gasteiger partial charge < -0.3 is 15.5 Å². The van der Waals surface area contributed by atoms with Crippen molar-refractivity contribution in [2.24, 2.45) is 0 Å². The lowest BCUT2D eigenvalue weighted by molar-refractivity contribution is -0.383. The number of nitrogens with one attached hydrogen (secondary N) is 1. The number of nitro benzene ring substituents is 1. The summed E-state index contributed by atoms with van der Waals surface area (Å²) in [5, 5.41) is 38.6. The molecule has 20 heavy (non-hydrogen) atoms. The van der Waals surface area contributed by atoms with E-state index >= 15 is 0 Å². The molecule has 2 rings (SSSR count). The third-order valence-electron chi connectivity index (χ3n) is 2.65. The van der Waals surface area contributed by atoms with E-state index in [9.17, 15) is 20.0 Å². The third-order valence-corrected chi connectivity index (χ3v) is 2.65. The quantitative estimate of drug-likeness (QED) is 0.521. The first-order chi connectivity index (χ1) is 9.41. The van der Waals surface area contributed by atoms with Crippen molar-refractivity contribution in [3.05, 3.63) is 22.2 Å². The number of nitrogens with zero attached hydrogens (tertiary/aromatic N) is 3. The van der Waals surface area contributed by atoms with Gasteiger partial charge in [-0.25, -0.2) is 9.42 Å². The molecule has 0 aliphatic carbocycles. The average molecular weight is 282 g/mol. The van der Waals surface area contributed by atoms with Crippen LogP contribution >= 0.6 is 0 Å². The smallest absolute Gasteiger partial charge is 0.328 e. The lowest BCUT2D eigenvalue weighted by Gasteiger charge is -2.17. The lowest BCUT2D eigenvalue weighted by atomic mass is 10.1. The van der Waals surface area contributed by atoms with Crippen molar-refractivity contribution in [1.29, 1.82) is 0 Å². The van der Waals surface area contributed by atoms with Crippen LogP contribution in [-0.4, -0.2) is 43.6 Å². The Kier molecular flexibility index (Phi) is 3.48. The van der Waals surface area contributed by atoms with Gasteiger partial charge in [-0.05, 0) is 23.3 Å². The van der Waals surface area contributed by atoms with Crippen molar-refractivity contribution in [2.45, 2.75) is 19.1 Å². The van der Waals surface area contributed by atoms with Crippen LogP contribution in [0.2, 0.25) is 0 Å². The Hall–Kier alpha value is -2.75. The highest BCUT2D eigenvalue weighted by Gasteiger charge is 2.26. The van der Waals surface area contributed by atoms with Crippen LogP contribution in [-0.2, 0) is 4.79 Å². The number of anilines is 1. The summed E-state index contributed by atoms with van der Waals surface area (Å²) in [6, 6.07) is 1.13. The van der Waals surface area contributed by atoms with Gasteiger partial charge in [0.15, 0.2) is 11.6 Å². The predicted molar refractivity (Wildman–Crippen MR) is 65.2 cm³/mol. The van der Waals surface area contributed by atoms with Crippen molar-refractivity contribution in [3.63, 3.8) is 0 Å². The van der Waals surface area contributed by atoms with E-state index < -0.39 is 23.0 Å². The van der Waals surface area contributed by atoms with Crippen molar-refractivity contribution >= 4 is 28.4 Å². The van der Waals surface area contributed by atoms with Crippen molar-refractivity contribution in [1.82, 2.24) is 10.3 Å². The Morgan fingerprint density at radius 1 is 1.45 bits per heavy atom. The molecule has 3 N–H and O–H groups in total. The Bertz CT molecular complexity index is 667. The number of aliphatic hydroxyl groups excluding tert-OH is 1. The Morgan fingerprint density at radius 2 is 2.10 bits per heavy atom. The zero-order valence-electron chi connectivity index (χ0n) is 10.2. The van der Waals surface area contributed by atoms with Crippen molar-refractivity contribution < 1.29 is 24.6 Å². The molecule has 10 nitrogen and oxygen atoms in total. The highest BCUT2D eigenvalue weighted by atomic mass is 16.6. The monoisotopic (exact) mass is 282 g/mol. The summed E-state index contributed by atoms with van der Waals surface area (Å²) < 4.78 is 4.44. The second kappa shape index (κ2) is 5.09.